The van der Waals surface area contributed by atoms with Crippen molar-refractivity contribution in [3.05, 3.63) is 59.4 Å². The van der Waals surface area contributed by atoms with Crippen LogP contribution in [0.15, 0.2) is 42.6 Å². The number of fused-ring (bicyclic) bond motifs is 3. The number of nitrogens with one attached hydrogen (secondary N) is 2. The minimum atomic E-state index is 0.500. The van der Waals surface area contributed by atoms with Gasteiger partial charge in [-0.15, -0.1) is 0 Å². The second-order valence-electron chi connectivity index (χ2n) is 8.01. The summed E-state index contributed by atoms with van der Waals surface area (Å²) < 4.78 is 2.02. The fourth-order valence-corrected chi connectivity index (χ4v) is 5.16. The molecule has 0 amide bonds. The highest BCUT2D eigenvalue weighted by Gasteiger charge is 2.31. The number of aromatic nitrogens is 4. The molecular formula is C24H25N7OS. The molecule has 4 aromatic rings. The minimum Gasteiger partial charge on any atom is -0.400 e. The molecule has 2 aliphatic carbocycles. The van der Waals surface area contributed by atoms with Gasteiger partial charge in [0.2, 0.25) is 0 Å². The average Bonchev–Trinajstić information content (AvgIpc) is 3.44. The van der Waals surface area contributed by atoms with Gasteiger partial charge >= 0.3 is 0 Å². The summed E-state index contributed by atoms with van der Waals surface area (Å²) in [6.07, 6.45) is 7.38. The van der Waals surface area contributed by atoms with Crippen molar-refractivity contribution in [3.63, 3.8) is 0 Å². The molecule has 9 heteroatoms. The molecule has 0 aliphatic heterocycles. The number of hydrogen-bond donors (Lipinski definition) is 4. The van der Waals surface area contributed by atoms with Gasteiger partial charge in [-0.25, -0.2) is 14.6 Å². The summed E-state index contributed by atoms with van der Waals surface area (Å²) in [5.74, 6) is 0.500. The molecule has 0 atom stereocenters. The molecule has 6 rings (SSSR count). The number of nitrogen functional groups attached to an aromatic ring is 1. The number of aliphatic hydroxyl groups is 1. The molecule has 168 valence electrons. The van der Waals surface area contributed by atoms with Crippen LogP contribution in [0.4, 0.5) is 10.9 Å². The Hall–Kier alpha value is -3.56. The topological polar surface area (TPSA) is 126 Å². The van der Waals surface area contributed by atoms with Crippen LogP contribution in [0.25, 0.3) is 27.5 Å². The predicted molar refractivity (Wildman–Crippen MR) is 132 cm³/mol. The molecule has 3 heterocycles. The van der Waals surface area contributed by atoms with E-state index in [4.69, 9.17) is 26.3 Å². The van der Waals surface area contributed by atoms with Gasteiger partial charge in [-0.1, -0.05) is 23.5 Å². The summed E-state index contributed by atoms with van der Waals surface area (Å²) >= 11 is 1.72. The van der Waals surface area contributed by atoms with Gasteiger partial charge in [0.25, 0.3) is 0 Å². The lowest BCUT2D eigenvalue weighted by atomic mass is 9.95. The van der Waals surface area contributed by atoms with Crippen LogP contribution in [-0.4, -0.2) is 44.2 Å². The molecule has 2 aliphatic rings. The molecule has 0 saturated heterocycles. The summed E-state index contributed by atoms with van der Waals surface area (Å²) in [5, 5.41) is 24.1. The average molecular weight is 460 g/mol. The highest BCUT2D eigenvalue weighted by molar-refractivity contribution is 7.19. The molecule has 33 heavy (non-hydrogen) atoms. The zero-order chi connectivity index (χ0) is 22.9. The van der Waals surface area contributed by atoms with Crippen LogP contribution >= 0.6 is 11.3 Å². The van der Waals surface area contributed by atoms with E-state index in [9.17, 15) is 0 Å². The maximum atomic E-state index is 7.49. The number of rotatable bonds is 5. The number of benzene rings is 1. The van der Waals surface area contributed by atoms with Gasteiger partial charge < -0.3 is 21.6 Å². The SMILES string of the molecule is CO.N=Cc1ccc(-n2nc(-c3ccc(N)nc3)c3c2-c2sc(NC4CC4)nc2CC3)cc1. The van der Waals surface area contributed by atoms with Gasteiger partial charge in [-0.3, -0.25) is 0 Å². The first-order chi connectivity index (χ1) is 16.2. The summed E-state index contributed by atoms with van der Waals surface area (Å²) in [5.41, 5.74) is 13.0. The first kappa shape index (κ1) is 21.3. The van der Waals surface area contributed by atoms with E-state index < -0.39 is 0 Å². The van der Waals surface area contributed by atoms with E-state index in [1.807, 2.05) is 41.1 Å². The van der Waals surface area contributed by atoms with Crippen LogP contribution in [0.5, 0.6) is 0 Å². The van der Waals surface area contributed by atoms with Crippen molar-refractivity contribution in [2.45, 2.75) is 31.7 Å². The number of thiazole rings is 1. The van der Waals surface area contributed by atoms with Gasteiger partial charge in [-0.2, -0.15) is 5.10 Å². The van der Waals surface area contributed by atoms with Crippen LogP contribution in [0, 0.1) is 5.41 Å². The highest BCUT2D eigenvalue weighted by atomic mass is 32.1. The van der Waals surface area contributed by atoms with Gasteiger partial charge in [0.1, 0.15) is 5.82 Å². The molecule has 5 N–H and O–H groups in total. The zero-order valence-corrected chi connectivity index (χ0v) is 19.1. The number of nitrogens with zero attached hydrogens (tertiary/aromatic N) is 4. The lowest BCUT2D eigenvalue weighted by molar-refractivity contribution is 0.399. The third-order valence-electron chi connectivity index (χ3n) is 5.78. The van der Waals surface area contributed by atoms with Crippen molar-refractivity contribution in [3.8, 4) is 27.5 Å². The normalized spacial score (nSPS) is 14.0. The van der Waals surface area contributed by atoms with Crippen LogP contribution < -0.4 is 11.1 Å². The first-order valence-corrected chi connectivity index (χ1v) is 11.7. The Bertz CT molecular complexity index is 1290. The summed E-state index contributed by atoms with van der Waals surface area (Å²) in [6, 6.07) is 12.3. The van der Waals surface area contributed by atoms with E-state index in [2.05, 4.69) is 10.3 Å². The molecular weight excluding hydrogens is 434 g/mol. The van der Waals surface area contributed by atoms with Crippen LogP contribution in [0.1, 0.15) is 29.7 Å². The minimum absolute atomic E-state index is 0.500. The molecule has 1 aromatic carbocycles. The smallest absolute Gasteiger partial charge is 0.183 e. The quantitative estimate of drug-likeness (QED) is 0.335. The second-order valence-corrected chi connectivity index (χ2v) is 9.01. The maximum Gasteiger partial charge on any atom is 0.183 e. The first-order valence-electron chi connectivity index (χ1n) is 10.9. The Morgan fingerprint density at radius 3 is 2.61 bits per heavy atom. The monoisotopic (exact) mass is 459 g/mol. The van der Waals surface area contributed by atoms with E-state index in [1.165, 1.54) is 29.5 Å². The Morgan fingerprint density at radius 1 is 1.15 bits per heavy atom. The summed E-state index contributed by atoms with van der Waals surface area (Å²) in [6.45, 7) is 0. The molecule has 3 aromatic heterocycles. The second kappa shape index (κ2) is 8.76. The van der Waals surface area contributed by atoms with Crippen LogP contribution in [0.2, 0.25) is 0 Å². The predicted octanol–water partition coefficient (Wildman–Crippen LogP) is 3.92. The van der Waals surface area contributed by atoms with Crippen molar-refractivity contribution in [1.82, 2.24) is 19.7 Å². The standard InChI is InChI=1S/C23H21N7S.CH4O/c24-11-13-1-6-16(7-2-13)30-21-17(20(29-30)14-3-10-19(25)26-12-14)8-9-18-22(21)31-23(28-18)27-15-4-5-15;1-2/h1-3,6-7,10-12,15,24H,4-5,8-9H2,(H2,25,26)(H,27,28);2H,1H3. The van der Waals surface area contributed by atoms with Crippen LogP contribution in [-0.2, 0) is 12.8 Å². The largest absolute Gasteiger partial charge is 0.400 e. The van der Waals surface area contributed by atoms with Gasteiger partial charge in [0.15, 0.2) is 5.13 Å². The van der Waals surface area contributed by atoms with E-state index in [0.717, 1.165) is 59.0 Å². The van der Waals surface area contributed by atoms with Gasteiger partial charge in [0, 0.05) is 36.7 Å². The van der Waals surface area contributed by atoms with Gasteiger partial charge in [0.05, 0.1) is 27.6 Å². The summed E-state index contributed by atoms with van der Waals surface area (Å²) in [4.78, 5) is 10.4. The molecule has 1 fully saturated rings. The lowest BCUT2D eigenvalue weighted by Gasteiger charge is -2.14. The van der Waals surface area contributed by atoms with Crippen molar-refractivity contribution in [2.75, 3.05) is 18.2 Å². The van der Waals surface area contributed by atoms with E-state index in [0.29, 0.717) is 11.9 Å². The Kier molecular flexibility index (Phi) is 5.65. The van der Waals surface area contributed by atoms with Crippen molar-refractivity contribution < 1.29 is 5.11 Å². The third-order valence-corrected chi connectivity index (χ3v) is 6.81. The Labute approximate surface area is 195 Å². The zero-order valence-electron chi connectivity index (χ0n) is 18.2. The summed E-state index contributed by atoms with van der Waals surface area (Å²) in [7, 11) is 1.00. The lowest BCUT2D eigenvalue weighted by Crippen LogP contribution is -2.06. The van der Waals surface area contributed by atoms with E-state index in [-0.39, 0.29) is 0 Å². The number of pyridine rings is 1. The fourth-order valence-electron chi connectivity index (χ4n) is 4.01. The third kappa shape index (κ3) is 4.01. The number of hydrogen-bond acceptors (Lipinski definition) is 8. The van der Waals surface area contributed by atoms with Crippen molar-refractivity contribution >= 4 is 28.5 Å². The Balaban J connectivity index is 0.00000111. The molecule has 0 bridgehead atoms. The fraction of sp³-hybridized carbons (Fsp3) is 0.250. The molecule has 8 nitrogen and oxygen atoms in total. The molecule has 0 unspecified atom stereocenters. The number of anilines is 2. The molecule has 0 radical (unpaired) electrons. The van der Waals surface area contributed by atoms with E-state index in [1.54, 1.807) is 17.5 Å². The number of aliphatic hydroxyl groups excluding tert-OH is 1. The number of aryl methyl sites for hydroxylation is 1. The Morgan fingerprint density at radius 2 is 1.94 bits per heavy atom. The maximum absolute atomic E-state index is 7.49. The van der Waals surface area contributed by atoms with Crippen molar-refractivity contribution in [2.24, 2.45) is 0 Å². The number of nitrogens with two attached hydrogens (primary N) is 1. The van der Waals surface area contributed by atoms with E-state index >= 15 is 0 Å². The highest BCUT2D eigenvalue weighted by Crippen LogP contribution is 2.44. The van der Waals surface area contributed by atoms with Crippen LogP contribution in [0.3, 0.4) is 0 Å². The van der Waals surface area contributed by atoms with Crippen molar-refractivity contribution in [1.29, 1.82) is 5.41 Å². The molecule has 0 spiro atoms. The van der Waals surface area contributed by atoms with Gasteiger partial charge in [-0.05, 0) is 55.5 Å². The molecule has 1 saturated carbocycles.